The van der Waals surface area contributed by atoms with Crippen molar-refractivity contribution in [3.05, 3.63) is 77.3 Å². The highest BCUT2D eigenvalue weighted by molar-refractivity contribution is 9.09. The van der Waals surface area contributed by atoms with Gasteiger partial charge in [-0.15, -0.1) is 0 Å². The second kappa shape index (κ2) is 13.2. The van der Waals surface area contributed by atoms with E-state index in [0.717, 1.165) is 23.1 Å². The van der Waals surface area contributed by atoms with Gasteiger partial charge in [0.1, 0.15) is 5.75 Å². The summed E-state index contributed by atoms with van der Waals surface area (Å²) in [5.74, 6) is 0.548. The molecule has 0 aliphatic rings. The zero-order chi connectivity index (χ0) is 26.1. The second-order valence-corrected chi connectivity index (χ2v) is 10.9. The summed E-state index contributed by atoms with van der Waals surface area (Å²) in [6.45, 7) is 5.13. The van der Waals surface area contributed by atoms with Gasteiger partial charge in [0, 0.05) is 22.7 Å². The summed E-state index contributed by atoms with van der Waals surface area (Å²) >= 11 is 9.59. The van der Waals surface area contributed by atoms with Crippen molar-refractivity contribution in [2.75, 3.05) is 23.4 Å². The number of carbonyl (C=O) groups excluding carboxylic acids is 1. The summed E-state index contributed by atoms with van der Waals surface area (Å²) in [5.41, 5.74) is 3.09. The fourth-order valence-corrected chi connectivity index (χ4v) is 5.29. The van der Waals surface area contributed by atoms with E-state index in [1.54, 1.807) is 35.2 Å². The predicted octanol–water partition coefficient (Wildman–Crippen LogP) is 6.41. The molecule has 0 bridgehead atoms. The molecule has 0 aliphatic heterocycles. The van der Waals surface area contributed by atoms with Gasteiger partial charge >= 0.3 is 0 Å². The van der Waals surface area contributed by atoms with E-state index in [1.807, 2.05) is 50.2 Å². The number of hydrogen-bond acceptors (Lipinski definition) is 4. The number of para-hydroxylation sites is 1. The molecule has 0 saturated carbocycles. The summed E-state index contributed by atoms with van der Waals surface area (Å²) in [6.07, 6.45) is 1.56. The van der Waals surface area contributed by atoms with E-state index in [4.69, 9.17) is 16.3 Å². The minimum absolute atomic E-state index is 0.132. The molecule has 6 nitrogen and oxygen atoms in total. The number of carbonyl (C=O) groups is 1. The van der Waals surface area contributed by atoms with E-state index >= 15 is 0 Å². The summed E-state index contributed by atoms with van der Waals surface area (Å²) < 4.78 is 33.5. The van der Waals surface area contributed by atoms with Crippen molar-refractivity contribution in [3.63, 3.8) is 0 Å². The van der Waals surface area contributed by atoms with Crippen LogP contribution in [0, 0.1) is 0 Å². The van der Waals surface area contributed by atoms with Crippen molar-refractivity contribution in [2.24, 2.45) is 0 Å². The molecule has 1 amide bonds. The third-order valence-electron chi connectivity index (χ3n) is 5.44. The predicted molar refractivity (Wildman–Crippen MR) is 150 cm³/mol. The largest absolute Gasteiger partial charge is 0.493 e. The molecule has 0 aromatic heterocycles. The van der Waals surface area contributed by atoms with Crippen LogP contribution in [0.2, 0.25) is 5.02 Å². The summed E-state index contributed by atoms with van der Waals surface area (Å²) in [5, 5.41) is 0.690. The van der Waals surface area contributed by atoms with Crippen LogP contribution >= 0.6 is 27.5 Å². The zero-order valence-electron chi connectivity index (χ0n) is 20.3. The number of ether oxygens (including phenoxy) is 1. The zero-order valence-corrected chi connectivity index (χ0v) is 23.5. The number of rotatable bonds is 12. The molecule has 36 heavy (non-hydrogen) atoms. The van der Waals surface area contributed by atoms with Crippen LogP contribution in [0.5, 0.6) is 5.75 Å². The smallest absolute Gasteiger partial charge is 0.240 e. The van der Waals surface area contributed by atoms with Gasteiger partial charge in [-0.1, -0.05) is 71.7 Å². The van der Waals surface area contributed by atoms with Crippen LogP contribution in [0.3, 0.4) is 0 Å². The van der Waals surface area contributed by atoms with Crippen LogP contribution in [0.15, 0.2) is 71.6 Å². The number of nitrogens with zero attached hydrogens (tertiary/aromatic N) is 1. The fraction of sp³-hybridized carbons (Fsp3) is 0.296. The van der Waals surface area contributed by atoms with E-state index in [9.17, 15) is 13.2 Å². The molecule has 9 heteroatoms. The molecule has 1 N–H and O–H groups in total. The number of anilines is 1. The SMILES string of the molecule is CCCNS(=O)(=O)c1ccc(-c2ccccc2N(Cc2cc(Cl)ccc2OCCC)C(=O)CBr)cc1. The number of nitrogens with one attached hydrogen (secondary N) is 1. The van der Waals surface area contributed by atoms with Gasteiger partial charge in [0.05, 0.1) is 29.1 Å². The van der Waals surface area contributed by atoms with Gasteiger partial charge in [-0.05, 0) is 54.8 Å². The van der Waals surface area contributed by atoms with Gasteiger partial charge in [0.2, 0.25) is 15.9 Å². The first kappa shape index (κ1) is 28.2. The number of amides is 1. The summed E-state index contributed by atoms with van der Waals surface area (Å²) in [6, 6.07) is 19.6. The lowest BCUT2D eigenvalue weighted by atomic mass is 10.0. The first-order valence-electron chi connectivity index (χ1n) is 11.8. The molecular formula is C27H30BrClN2O4S. The standard InChI is InChI=1S/C27H30BrClN2O4S/c1-3-15-30-36(33,34)23-12-9-20(10-13-23)24-7-5-6-8-25(24)31(27(32)18-28)19-21-17-22(29)11-14-26(21)35-16-4-2/h5-14,17,30H,3-4,15-16,18-19H2,1-2H3. The Kier molecular flexibility index (Phi) is 10.4. The van der Waals surface area contributed by atoms with Gasteiger partial charge in [-0.2, -0.15) is 0 Å². The van der Waals surface area contributed by atoms with Gasteiger partial charge in [0.15, 0.2) is 0 Å². The molecule has 192 valence electrons. The van der Waals surface area contributed by atoms with Gasteiger partial charge in [-0.25, -0.2) is 13.1 Å². The molecule has 0 aliphatic carbocycles. The van der Waals surface area contributed by atoms with Crippen molar-refractivity contribution >= 4 is 49.1 Å². The normalized spacial score (nSPS) is 11.3. The Balaban J connectivity index is 2.01. The fourth-order valence-electron chi connectivity index (χ4n) is 3.66. The molecule has 0 fully saturated rings. The van der Waals surface area contributed by atoms with Crippen LogP contribution in [0.25, 0.3) is 11.1 Å². The molecule has 0 heterocycles. The molecule has 0 unspecified atom stereocenters. The maximum atomic E-state index is 13.1. The van der Waals surface area contributed by atoms with Crippen LogP contribution in [-0.4, -0.2) is 32.8 Å². The van der Waals surface area contributed by atoms with E-state index in [2.05, 4.69) is 20.7 Å². The Morgan fingerprint density at radius 3 is 2.42 bits per heavy atom. The highest BCUT2D eigenvalue weighted by Gasteiger charge is 2.21. The highest BCUT2D eigenvalue weighted by Crippen LogP contribution is 2.34. The summed E-state index contributed by atoms with van der Waals surface area (Å²) in [7, 11) is -3.57. The van der Waals surface area contributed by atoms with Crippen molar-refractivity contribution in [1.29, 1.82) is 0 Å². The third kappa shape index (κ3) is 7.09. The van der Waals surface area contributed by atoms with Crippen molar-refractivity contribution in [1.82, 2.24) is 4.72 Å². The Bertz CT molecular complexity index is 1280. The van der Waals surface area contributed by atoms with E-state index < -0.39 is 10.0 Å². The van der Waals surface area contributed by atoms with Crippen molar-refractivity contribution < 1.29 is 17.9 Å². The van der Waals surface area contributed by atoms with Gasteiger partial charge in [0.25, 0.3) is 0 Å². The minimum atomic E-state index is -3.57. The Hall–Kier alpha value is -2.39. The average Bonchev–Trinajstić information content (AvgIpc) is 2.89. The first-order chi connectivity index (χ1) is 17.3. The first-order valence-corrected chi connectivity index (χ1v) is 14.8. The van der Waals surface area contributed by atoms with E-state index in [1.165, 1.54) is 0 Å². The quantitative estimate of drug-likeness (QED) is 0.246. The number of halogens is 2. The maximum absolute atomic E-state index is 13.1. The molecule has 0 saturated heterocycles. The monoisotopic (exact) mass is 592 g/mol. The maximum Gasteiger partial charge on any atom is 0.240 e. The van der Waals surface area contributed by atoms with Crippen molar-refractivity contribution in [3.8, 4) is 16.9 Å². The second-order valence-electron chi connectivity index (χ2n) is 8.15. The Labute approximate surface area is 226 Å². The topological polar surface area (TPSA) is 75.7 Å². The Morgan fingerprint density at radius 2 is 1.75 bits per heavy atom. The Morgan fingerprint density at radius 1 is 1.03 bits per heavy atom. The lowest BCUT2D eigenvalue weighted by Gasteiger charge is -2.26. The van der Waals surface area contributed by atoms with Gasteiger partial charge in [-0.3, -0.25) is 4.79 Å². The van der Waals surface area contributed by atoms with Crippen LogP contribution in [0.4, 0.5) is 5.69 Å². The van der Waals surface area contributed by atoms with E-state index in [0.29, 0.717) is 36.0 Å². The molecule has 3 aromatic carbocycles. The lowest BCUT2D eigenvalue weighted by molar-refractivity contribution is -0.116. The molecular weight excluding hydrogens is 564 g/mol. The van der Waals surface area contributed by atoms with Crippen LogP contribution in [0.1, 0.15) is 32.3 Å². The third-order valence-corrected chi connectivity index (χ3v) is 7.63. The number of hydrogen-bond donors (Lipinski definition) is 1. The molecule has 3 aromatic rings. The lowest BCUT2D eigenvalue weighted by Crippen LogP contribution is -2.32. The average molecular weight is 594 g/mol. The molecule has 3 rings (SSSR count). The van der Waals surface area contributed by atoms with E-state index in [-0.39, 0.29) is 22.7 Å². The van der Waals surface area contributed by atoms with Crippen molar-refractivity contribution in [2.45, 2.75) is 38.1 Å². The summed E-state index contributed by atoms with van der Waals surface area (Å²) in [4.78, 5) is 15.0. The van der Waals surface area contributed by atoms with Crippen LogP contribution in [-0.2, 0) is 21.4 Å². The molecule has 0 radical (unpaired) electrons. The van der Waals surface area contributed by atoms with Gasteiger partial charge < -0.3 is 9.64 Å². The molecule has 0 spiro atoms. The van der Waals surface area contributed by atoms with Crippen LogP contribution < -0.4 is 14.4 Å². The number of alkyl halides is 1. The number of sulfonamides is 1. The highest BCUT2D eigenvalue weighted by atomic mass is 79.9. The number of benzene rings is 3. The molecule has 0 atom stereocenters. The minimum Gasteiger partial charge on any atom is -0.493 e.